The van der Waals surface area contributed by atoms with Crippen LogP contribution in [0.25, 0.3) is 11.3 Å². The average molecular weight is 347 g/mol. The van der Waals surface area contributed by atoms with Crippen molar-refractivity contribution in [2.45, 2.75) is 93.9 Å². The molecule has 0 unspecified atom stereocenters. The monoisotopic (exact) mass is 346 g/mol. The molecule has 0 amide bonds. The van der Waals surface area contributed by atoms with Crippen molar-refractivity contribution in [3.63, 3.8) is 0 Å². The van der Waals surface area contributed by atoms with E-state index in [0.29, 0.717) is 0 Å². The van der Waals surface area contributed by atoms with E-state index in [-0.39, 0.29) is 1.43 Å². The van der Waals surface area contributed by atoms with Gasteiger partial charge in [-0.1, -0.05) is 66.5 Å². The normalized spacial score (nSPS) is 11.7. The summed E-state index contributed by atoms with van der Waals surface area (Å²) in [5.41, 5.74) is 7.08. The molecule has 1 aliphatic rings. The minimum Gasteiger partial charge on any atom is -0.342 e. The summed E-state index contributed by atoms with van der Waals surface area (Å²) < 4.78 is 0. The second kappa shape index (κ2) is 13.7. The Morgan fingerprint density at radius 2 is 1.44 bits per heavy atom. The summed E-state index contributed by atoms with van der Waals surface area (Å²) >= 11 is 0. The van der Waals surface area contributed by atoms with Crippen molar-refractivity contribution in [2.75, 3.05) is 0 Å². The Morgan fingerprint density at radius 3 is 1.92 bits per heavy atom. The smallest absolute Gasteiger partial charge is 0.103 e. The van der Waals surface area contributed by atoms with Crippen molar-refractivity contribution in [2.24, 2.45) is 0 Å². The van der Waals surface area contributed by atoms with Crippen LogP contribution in [0.5, 0.6) is 0 Å². The van der Waals surface area contributed by atoms with Gasteiger partial charge in [0.2, 0.25) is 0 Å². The highest BCUT2D eigenvalue weighted by Crippen LogP contribution is 2.32. The average Bonchev–Trinajstić information content (AvgIpc) is 3.05. The Labute approximate surface area is 158 Å². The Hall–Kier alpha value is -1.57. The number of hydrogen-bond acceptors (Lipinski definition) is 1. The molecule has 25 heavy (non-hydrogen) atoms. The second-order valence-electron chi connectivity index (χ2n) is 6.39. The van der Waals surface area contributed by atoms with Gasteiger partial charge in [-0.05, 0) is 56.2 Å². The lowest BCUT2D eigenvalue weighted by molar-refractivity contribution is 0.683. The zero-order valence-electron chi connectivity index (χ0n) is 17.9. The maximum absolute atomic E-state index is 4.31. The standard InChI is InChI=1S/C15H18N2.2C3H8.C2H6.H2/c1-10-7-8-14(15-9-16-11(2)17-15)13-6-4-3-5-12(10)13;2*1-3-2;1-2;/h7-9H,3-6H2,1-2H3,(H,16,17);2*3H2,1-2H3;1-2H3;1H. The molecule has 0 radical (unpaired) electrons. The number of imidazole rings is 1. The molecule has 3 rings (SSSR count). The molecule has 1 aromatic heterocycles. The van der Waals surface area contributed by atoms with Crippen LogP contribution in [0.2, 0.25) is 0 Å². The van der Waals surface area contributed by atoms with Gasteiger partial charge in [0.15, 0.2) is 0 Å². The lowest BCUT2D eigenvalue weighted by Gasteiger charge is -2.21. The second-order valence-corrected chi connectivity index (χ2v) is 6.39. The molecule has 0 aliphatic heterocycles. The van der Waals surface area contributed by atoms with Crippen LogP contribution in [-0.2, 0) is 12.8 Å². The molecule has 1 heterocycles. The third-order valence-electron chi connectivity index (χ3n) is 3.76. The minimum absolute atomic E-state index is 0. The first kappa shape index (κ1) is 23.4. The number of benzene rings is 1. The van der Waals surface area contributed by atoms with Crippen molar-refractivity contribution in [3.8, 4) is 11.3 Å². The lowest BCUT2D eigenvalue weighted by Crippen LogP contribution is -2.06. The third kappa shape index (κ3) is 7.46. The fourth-order valence-electron chi connectivity index (χ4n) is 2.86. The molecule has 1 aliphatic carbocycles. The van der Waals surface area contributed by atoms with Crippen LogP contribution >= 0.6 is 0 Å². The van der Waals surface area contributed by atoms with E-state index < -0.39 is 0 Å². The molecular weight excluding hydrogens is 304 g/mol. The molecule has 2 heteroatoms. The number of nitrogens with zero attached hydrogens (tertiary/aromatic N) is 1. The maximum atomic E-state index is 4.31. The summed E-state index contributed by atoms with van der Waals surface area (Å²) in [4.78, 5) is 7.66. The topological polar surface area (TPSA) is 28.7 Å². The molecule has 0 atom stereocenters. The first-order valence-electron chi connectivity index (χ1n) is 10.2. The summed E-state index contributed by atoms with van der Waals surface area (Å²) in [6.07, 6.45) is 9.55. The molecule has 0 saturated heterocycles. The zero-order chi connectivity index (χ0) is 19.2. The van der Waals surface area contributed by atoms with Crippen LogP contribution in [0.1, 0.15) is 91.2 Å². The number of hydrogen-bond donors (Lipinski definition) is 1. The van der Waals surface area contributed by atoms with Crippen LogP contribution < -0.4 is 0 Å². The molecule has 0 spiro atoms. The Bertz CT molecular complexity index is 586. The number of aromatic amines is 1. The van der Waals surface area contributed by atoms with Gasteiger partial charge in [0.25, 0.3) is 0 Å². The summed E-state index contributed by atoms with van der Waals surface area (Å²) in [6.45, 7) is 16.7. The van der Waals surface area contributed by atoms with Gasteiger partial charge in [-0.15, -0.1) is 0 Å². The van der Waals surface area contributed by atoms with E-state index >= 15 is 0 Å². The number of nitrogens with one attached hydrogen (secondary N) is 1. The fraction of sp³-hybridized carbons (Fsp3) is 0.609. The van der Waals surface area contributed by atoms with E-state index in [1.807, 2.05) is 27.0 Å². The molecule has 0 bridgehead atoms. The van der Waals surface area contributed by atoms with Crippen LogP contribution in [0.4, 0.5) is 0 Å². The highest BCUT2D eigenvalue weighted by molar-refractivity contribution is 5.66. The van der Waals surface area contributed by atoms with Gasteiger partial charge in [-0.2, -0.15) is 0 Å². The summed E-state index contributed by atoms with van der Waals surface area (Å²) in [6, 6.07) is 4.49. The van der Waals surface area contributed by atoms with Crippen molar-refractivity contribution in [1.82, 2.24) is 9.97 Å². The third-order valence-corrected chi connectivity index (χ3v) is 3.76. The molecule has 2 aromatic rings. The number of aromatic nitrogens is 2. The Balaban J connectivity index is 0. The number of fused-ring (bicyclic) bond motifs is 1. The highest BCUT2D eigenvalue weighted by Gasteiger charge is 2.16. The van der Waals surface area contributed by atoms with Crippen molar-refractivity contribution in [1.29, 1.82) is 0 Å². The maximum Gasteiger partial charge on any atom is 0.103 e. The molecule has 2 nitrogen and oxygen atoms in total. The van der Waals surface area contributed by atoms with E-state index in [0.717, 1.165) is 5.82 Å². The van der Waals surface area contributed by atoms with Gasteiger partial charge in [-0.3, -0.25) is 0 Å². The van der Waals surface area contributed by atoms with E-state index in [9.17, 15) is 0 Å². The predicted octanol–water partition coefficient (Wildman–Crippen LogP) is 7.68. The number of H-pyrrole nitrogens is 1. The summed E-state index contributed by atoms with van der Waals surface area (Å²) in [5.74, 6) is 0.991. The highest BCUT2D eigenvalue weighted by atomic mass is 14.9. The minimum atomic E-state index is 0. The largest absolute Gasteiger partial charge is 0.342 e. The van der Waals surface area contributed by atoms with Crippen molar-refractivity contribution >= 4 is 0 Å². The molecule has 0 fully saturated rings. The van der Waals surface area contributed by atoms with Crippen LogP contribution in [0.15, 0.2) is 18.3 Å². The summed E-state index contributed by atoms with van der Waals surface area (Å²) in [7, 11) is 0. The zero-order valence-corrected chi connectivity index (χ0v) is 17.9. The van der Waals surface area contributed by atoms with Crippen LogP contribution in [-0.4, -0.2) is 9.97 Å². The van der Waals surface area contributed by atoms with Gasteiger partial charge in [0.05, 0.1) is 11.9 Å². The molecular formula is C23H42N2. The van der Waals surface area contributed by atoms with Gasteiger partial charge < -0.3 is 4.98 Å². The lowest BCUT2D eigenvalue weighted by atomic mass is 9.85. The van der Waals surface area contributed by atoms with Crippen molar-refractivity contribution < 1.29 is 1.43 Å². The van der Waals surface area contributed by atoms with Gasteiger partial charge in [-0.25, -0.2) is 4.98 Å². The predicted molar refractivity (Wildman–Crippen MR) is 116 cm³/mol. The van der Waals surface area contributed by atoms with Gasteiger partial charge in [0, 0.05) is 6.99 Å². The quantitative estimate of drug-likeness (QED) is 0.563. The van der Waals surface area contributed by atoms with Crippen LogP contribution in [0, 0.1) is 13.8 Å². The van der Waals surface area contributed by atoms with Crippen LogP contribution in [0.3, 0.4) is 0 Å². The molecule has 144 valence electrons. The number of aryl methyl sites for hydroxylation is 2. The molecule has 1 aromatic carbocycles. The molecule has 1 N–H and O–H groups in total. The van der Waals surface area contributed by atoms with Gasteiger partial charge >= 0.3 is 0 Å². The summed E-state index contributed by atoms with van der Waals surface area (Å²) in [5, 5.41) is 0. The van der Waals surface area contributed by atoms with E-state index in [2.05, 4.69) is 56.7 Å². The first-order chi connectivity index (χ1) is 12.1. The van der Waals surface area contributed by atoms with E-state index in [1.165, 1.54) is 55.3 Å². The van der Waals surface area contributed by atoms with E-state index in [1.54, 1.807) is 11.1 Å². The number of rotatable bonds is 1. The van der Waals surface area contributed by atoms with E-state index in [4.69, 9.17) is 0 Å². The van der Waals surface area contributed by atoms with Gasteiger partial charge in [0.1, 0.15) is 5.82 Å². The van der Waals surface area contributed by atoms with Crippen molar-refractivity contribution in [3.05, 3.63) is 40.8 Å². The SMILES string of the molecule is CC.CCC.CCC.Cc1ncc(-c2ccc(C)c3c2CCCC3)[nH]1.[HH]. The molecule has 0 saturated carbocycles. The fourth-order valence-corrected chi connectivity index (χ4v) is 2.86. The Kier molecular flexibility index (Phi) is 12.8. The first-order valence-corrected chi connectivity index (χ1v) is 10.2. The Morgan fingerprint density at radius 1 is 0.920 bits per heavy atom.